The Bertz CT molecular complexity index is 334. The number of carbonyl (C=O) groups is 1. The smallest absolute Gasteiger partial charge is 0.335 e. The molecule has 0 aliphatic heterocycles. The Morgan fingerprint density at radius 3 is 2.71 bits per heavy atom. The predicted molar refractivity (Wildman–Crippen MR) is 53.9 cm³/mol. The van der Waals surface area contributed by atoms with Crippen LogP contribution in [0.5, 0.6) is 0 Å². The zero-order valence-corrected chi connectivity index (χ0v) is 9.15. The first-order valence-corrected chi connectivity index (χ1v) is 4.77. The van der Waals surface area contributed by atoms with Gasteiger partial charge in [0.15, 0.2) is 5.60 Å². The van der Waals surface area contributed by atoms with Crippen LogP contribution in [-0.4, -0.2) is 26.8 Å². The van der Waals surface area contributed by atoms with E-state index in [0.29, 0.717) is 10.2 Å². The van der Waals surface area contributed by atoms with E-state index in [1.54, 1.807) is 12.1 Å². The van der Waals surface area contributed by atoms with E-state index in [4.69, 9.17) is 5.11 Å². The Hall–Kier alpha value is -0.940. The van der Waals surface area contributed by atoms with E-state index in [0.717, 1.165) is 0 Å². The SMILES string of the molecule is CC(O)(Cc1ccc(Br)nc1)C(=O)O. The van der Waals surface area contributed by atoms with Gasteiger partial charge in [-0.1, -0.05) is 6.07 Å². The van der Waals surface area contributed by atoms with Gasteiger partial charge in [-0.3, -0.25) is 0 Å². The number of aliphatic carboxylic acids is 1. The van der Waals surface area contributed by atoms with Crippen molar-refractivity contribution in [2.75, 3.05) is 0 Å². The number of hydrogen-bond donors (Lipinski definition) is 2. The van der Waals surface area contributed by atoms with E-state index >= 15 is 0 Å². The van der Waals surface area contributed by atoms with Crippen molar-refractivity contribution in [2.45, 2.75) is 18.9 Å². The Labute approximate surface area is 89.7 Å². The maximum atomic E-state index is 10.6. The molecular formula is C9H10BrNO3. The Morgan fingerprint density at radius 1 is 1.64 bits per heavy atom. The molecule has 0 radical (unpaired) electrons. The number of carboxylic acids is 1. The molecule has 76 valence electrons. The fraction of sp³-hybridized carbons (Fsp3) is 0.333. The van der Waals surface area contributed by atoms with Crippen molar-refractivity contribution >= 4 is 21.9 Å². The number of aliphatic hydroxyl groups is 1. The van der Waals surface area contributed by atoms with E-state index in [2.05, 4.69) is 20.9 Å². The highest BCUT2D eigenvalue weighted by Crippen LogP contribution is 2.14. The van der Waals surface area contributed by atoms with Gasteiger partial charge in [-0.2, -0.15) is 0 Å². The second-order valence-electron chi connectivity index (χ2n) is 3.24. The van der Waals surface area contributed by atoms with Crippen LogP contribution in [-0.2, 0) is 11.2 Å². The average Bonchev–Trinajstić information content (AvgIpc) is 2.08. The molecule has 0 aliphatic rings. The highest BCUT2D eigenvalue weighted by molar-refractivity contribution is 9.10. The molecule has 2 N–H and O–H groups in total. The first-order chi connectivity index (χ1) is 6.42. The highest BCUT2D eigenvalue weighted by atomic mass is 79.9. The van der Waals surface area contributed by atoms with Gasteiger partial charge in [0.2, 0.25) is 0 Å². The van der Waals surface area contributed by atoms with Gasteiger partial charge in [0.1, 0.15) is 4.60 Å². The summed E-state index contributed by atoms with van der Waals surface area (Å²) in [5.74, 6) is -1.24. The molecule has 0 fully saturated rings. The molecular weight excluding hydrogens is 250 g/mol. The Morgan fingerprint density at radius 2 is 2.29 bits per heavy atom. The molecule has 0 spiro atoms. The lowest BCUT2D eigenvalue weighted by atomic mass is 9.98. The Balaban J connectivity index is 2.79. The summed E-state index contributed by atoms with van der Waals surface area (Å²) in [6.07, 6.45) is 1.57. The molecule has 5 heteroatoms. The molecule has 0 saturated heterocycles. The summed E-state index contributed by atoms with van der Waals surface area (Å²) in [5, 5.41) is 18.2. The third kappa shape index (κ3) is 2.78. The van der Waals surface area contributed by atoms with Gasteiger partial charge in [0.05, 0.1) is 0 Å². The van der Waals surface area contributed by atoms with Crippen LogP contribution in [0, 0.1) is 0 Å². The average molecular weight is 260 g/mol. The molecule has 1 heterocycles. The number of nitrogens with zero attached hydrogens (tertiary/aromatic N) is 1. The molecule has 0 aliphatic carbocycles. The van der Waals surface area contributed by atoms with Gasteiger partial charge in [0.25, 0.3) is 0 Å². The van der Waals surface area contributed by atoms with Crippen LogP contribution in [0.4, 0.5) is 0 Å². The number of carboxylic acid groups (broad SMARTS) is 1. The van der Waals surface area contributed by atoms with Crippen molar-refractivity contribution in [3.05, 3.63) is 28.5 Å². The molecule has 1 aromatic rings. The molecule has 4 nitrogen and oxygen atoms in total. The Kier molecular flexibility index (Phi) is 3.23. The fourth-order valence-corrected chi connectivity index (χ4v) is 1.22. The third-order valence-corrected chi connectivity index (χ3v) is 2.27. The second kappa shape index (κ2) is 4.06. The minimum Gasteiger partial charge on any atom is -0.479 e. The monoisotopic (exact) mass is 259 g/mol. The summed E-state index contributed by atoms with van der Waals surface area (Å²) in [7, 11) is 0. The zero-order chi connectivity index (χ0) is 10.8. The van der Waals surface area contributed by atoms with Crippen molar-refractivity contribution in [1.29, 1.82) is 0 Å². The third-order valence-electron chi connectivity index (χ3n) is 1.80. The molecule has 0 bridgehead atoms. The molecule has 1 aromatic heterocycles. The van der Waals surface area contributed by atoms with Crippen LogP contribution in [0.15, 0.2) is 22.9 Å². The van der Waals surface area contributed by atoms with E-state index in [-0.39, 0.29) is 6.42 Å². The summed E-state index contributed by atoms with van der Waals surface area (Å²) in [5.41, 5.74) is -1.06. The van der Waals surface area contributed by atoms with Crippen LogP contribution in [0.2, 0.25) is 0 Å². The highest BCUT2D eigenvalue weighted by Gasteiger charge is 2.29. The van der Waals surface area contributed by atoms with Crippen molar-refractivity contribution in [2.24, 2.45) is 0 Å². The van der Waals surface area contributed by atoms with Crippen molar-refractivity contribution in [3.8, 4) is 0 Å². The van der Waals surface area contributed by atoms with E-state index < -0.39 is 11.6 Å². The van der Waals surface area contributed by atoms with E-state index in [9.17, 15) is 9.90 Å². The molecule has 14 heavy (non-hydrogen) atoms. The maximum absolute atomic E-state index is 10.6. The van der Waals surface area contributed by atoms with Crippen LogP contribution < -0.4 is 0 Å². The normalized spacial score (nSPS) is 14.8. The van der Waals surface area contributed by atoms with Gasteiger partial charge in [-0.15, -0.1) is 0 Å². The van der Waals surface area contributed by atoms with Crippen molar-refractivity contribution < 1.29 is 15.0 Å². The number of aromatic nitrogens is 1. The number of pyridine rings is 1. The van der Waals surface area contributed by atoms with E-state index in [1.807, 2.05) is 0 Å². The minimum absolute atomic E-state index is 0.0443. The summed E-state index contributed by atoms with van der Waals surface area (Å²) in [4.78, 5) is 14.5. The van der Waals surface area contributed by atoms with Gasteiger partial charge < -0.3 is 10.2 Å². The van der Waals surface area contributed by atoms with Crippen LogP contribution >= 0.6 is 15.9 Å². The quantitative estimate of drug-likeness (QED) is 0.802. The second-order valence-corrected chi connectivity index (χ2v) is 4.06. The lowest BCUT2D eigenvalue weighted by Crippen LogP contribution is -2.37. The zero-order valence-electron chi connectivity index (χ0n) is 7.57. The van der Waals surface area contributed by atoms with Crippen LogP contribution in [0.3, 0.4) is 0 Å². The fourth-order valence-electron chi connectivity index (χ4n) is 0.984. The standard InChI is InChI=1S/C9H10BrNO3/c1-9(14,8(12)13)4-6-2-3-7(10)11-5-6/h2-3,5,14H,4H2,1H3,(H,12,13). The van der Waals surface area contributed by atoms with Crippen molar-refractivity contribution in [3.63, 3.8) is 0 Å². The van der Waals surface area contributed by atoms with Crippen LogP contribution in [0.1, 0.15) is 12.5 Å². The molecule has 0 amide bonds. The van der Waals surface area contributed by atoms with E-state index in [1.165, 1.54) is 13.1 Å². The summed E-state index contributed by atoms with van der Waals surface area (Å²) >= 11 is 3.16. The topological polar surface area (TPSA) is 70.4 Å². The van der Waals surface area contributed by atoms with Crippen molar-refractivity contribution in [1.82, 2.24) is 4.98 Å². The summed E-state index contributed by atoms with van der Waals surface area (Å²) < 4.78 is 0.677. The molecule has 1 rings (SSSR count). The lowest BCUT2D eigenvalue weighted by molar-refractivity contribution is -0.156. The number of rotatable bonds is 3. The largest absolute Gasteiger partial charge is 0.479 e. The van der Waals surface area contributed by atoms with Gasteiger partial charge in [-0.25, -0.2) is 9.78 Å². The first-order valence-electron chi connectivity index (χ1n) is 3.98. The summed E-state index contributed by atoms with van der Waals surface area (Å²) in [6.45, 7) is 1.26. The molecule has 1 atom stereocenters. The number of halogens is 1. The molecule has 0 saturated carbocycles. The maximum Gasteiger partial charge on any atom is 0.335 e. The van der Waals surface area contributed by atoms with Gasteiger partial charge in [-0.05, 0) is 34.5 Å². The number of hydrogen-bond acceptors (Lipinski definition) is 3. The first kappa shape index (κ1) is 11.1. The van der Waals surface area contributed by atoms with Gasteiger partial charge in [0, 0.05) is 12.6 Å². The van der Waals surface area contributed by atoms with Crippen LogP contribution in [0.25, 0.3) is 0 Å². The summed E-state index contributed by atoms with van der Waals surface area (Å²) in [6, 6.07) is 3.42. The molecule has 0 aromatic carbocycles. The molecule has 1 unspecified atom stereocenters. The lowest BCUT2D eigenvalue weighted by Gasteiger charge is -2.17. The predicted octanol–water partition coefficient (Wildman–Crippen LogP) is 1.22. The van der Waals surface area contributed by atoms with Gasteiger partial charge >= 0.3 is 5.97 Å². The minimum atomic E-state index is -1.74.